The zero-order chi connectivity index (χ0) is 19.9. The predicted molar refractivity (Wildman–Crippen MR) is 118 cm³/mol. The molecule has 0 fully saturated rings. The second kappa shape index (κ2) is 9.67. The number of hydrogen-bond acceptors (Lipinski definition) is 3. The van der Waals surface area contributed by atoms with Crippen molar-refractivity contribution in [3.8, 4) is 0 Å². The van der Waals surface area contributed by atoms with E-state index in [0.717, 1.165) is 16.7 Å². The lowest BCUT2D eigenvalue weighted by Crippen LogP contribution is -2.32. The third kappa shape index (κ3) is 3.88. The molecule has 0 radical (unpaired) electrons. The van der Waals surface area contributed by atoms with Gasteiger partial charge in [-0.25, -0.2) is 0 Å². The molecule has 0 amide bonds. The van der Waals surface area contributed by atoms with Crippen LogP contribution in [0, 0.1) is 0 Å². The van der Waals surface area contributed by atoms with Gasteiger partial charge in [0.15, 0.2) is 0 Å². The van der Waals surface area contributed by atoms with Crippen molar-refractivity contribution in [1.29, 1.82) is 0 Å². The maximum absolute atomic E-state index is 14.5. The second-order valence-corrected chi connectivity index (χ2v) is 9.22. The fraction of sp³-hybridized carbons (Fsp3) is 0.217. The monoisotopic (exact) mass is 458 g/mol. The maximum atomic E-state index is 14.5. The van der Waals surface area contributed by atoms with Crippen molar-refractivity contribution in [2.75, 3.05) is 18.5 Å². The first-order chi connectivity index (χ1) is 13.7. The van der Waals surface area contributed by atoms with Gasteiger partial charge in [0.1, 0.15) is 5.16 Å². The molecule has 0 bridgehead atoms. The summed E-state index contributed by atoms with van der Waals surface area (Å²) in [5, 5.41) is -0.506. The van der Waals surface area contributed by atoms with Crippen molar-refractivity contribution in [3.63, 3.8) is 0 Å². The van der Waals surface area contributed by atoms with Crippen LogP contribution in [-0.2, 0) is 18.8 Å². The van der Waals surface area contributed by atoms with Crippen LogP contribution in [0.2, 0.25) is 0 Å². The molecule has 3 nitrogen and oxygen atoms in total. The first-order valence-electron chi connectivity index (χ1n) is 9.31. The van der Waals surface area contributed by atoms with Crippen LogP contribution in [0.15, 0.2) is 91.0 Å². The molecule has 0 aliphatic carbocycles. The summed E-state index contributed by atoms with van der Waals surface area (Å²) < 4.78 is 26.5. The highest BCUT2D eigenvalue weighted by Crippen LogP contribution is 2.70. The molecule has 1 atom stereocenters. The summed E-state index contributed by atoms with van der Waals surface area (Å²) in [6.45, 7) is 2.41. The van der Waals surface area contributed by atoms with Crippen molar-refractivity contribution < 1.29 is 13.6 Å². The summed E-state index contributed by atoms with van der Waals surface area (Å²) in [4.78, 5) is 0. The molecule has 0 saturated carbocycles. The molecule has 0 aliphatic rings. The van der Waals surface area contributed by atoms with E-state index in [9.17, 15) is 4.57 Å². The molecule has 0 aliphatic heterocycles. The molecule has 0 aromatic heterocycles. The van der Waals surface area contributed by atoms with E-state index >= 15 is 0 Å². The Morgan fingerprint density at radius 2 is 1.14 bits per heavy atom. The summed E-state index contributed by atoms with van der Waals surface area (Å²) in [5.74, 6) is 0. The summed E-state index contributed by atoms with van der Waals surface area (Å²) >= 11 is 3.39. The Kier molecular flexibility index (Phi) is 7.25. The first kappa shape index (κ1) is 21.0. The average Bonchev–Trinajstić information content (AvgIpc) is 2.75. The quantitative estimate of drug-likeness (QED) is 0.205. The second-order valence-electron chi connectivity index (χ2n) is 6.25. The van der Waals surface area contributed by atoms with Gasteiger partial charge in [0, 0.05) is 5.33 Å². The summed E-state index contributed by atoms with van der Waals surface area (Å²) in [6, 6.07) is 29.5. The highest BCUT2D eigenvalue weighted by atomic mass is 79.9. The van der Waals surface area contributed by atoms with E-state index in [1.54, 1.807) is 0 Å². The van der Waals surface area contributed by atoms with Crippen LogP contribution in [0.1, 0.15) is 23.6 Å². The number of halogens is 1. The minimum absolute atomic E-state index is 0.283. The fourth-order valence-electron chi connectivity index (χ4n) is 3.57. The van der Waals surface area contributed by atoms with Crippen molar-refractivity contribution in [3.05, 3.63) is 108 Å². The Balaban J connectivity index is 2.41. The highest BCUT2D eigenvalue weighted by molar-refractivity contribution is 9.09. The molecule has 146 valence electrons. The van der Waals surface area contributed by atoms with Crippen molar-refractivity contribution in [2.45, 2.75) is 12.1 Å². The highest BCUT2D eigenvalue weighted by Gasteiger charge is 2.55. The van der Waals surface area contributed by atoms with E-state index in [1.807, 2.05) is 97.9 Å². The van der Waals surface area contributed by atoms with Crippen LogP contribution >= 0.6 is 23.5 Å². The zero-order valence-corrected chi connectivity index (χ0v) is 18.3. The molecule has 1 unspecified atom stereocenters. The molecular formula is C23H24BrO3P. The molecule has 0 spiro atoms. The van der Waals surface area contributed by atoms with Crippen LogP contribution in [-0.4, -0.2) is 18.5 Å². The lowest BCUT2D eigenvalue weighted by molar-refractivity contribution is 0.208. The number of rotatable bonds is 9. The lowest BCUT2D eigenvalue weighted by Gasteiger charge is -2.40. The van der Waals surface area contributed by atoms with Crippen molar-refractivity contribution in [2.24, 2.45) is 0 Å². The fourth-order valence-corrected chi connectivity index (χ4v) is 6.51. The van der Waals surface area contributed by atoms with Gasteiger partial charge in [0.25, 0.3) is 0 Å². The number of alkyl halides is 1. The largest absolute Gasteiger partial charge is 0.349 e. The van der Waals surface area contributed by atoms with E-state index in [0.29, 0.717) is 5.33 Å². The molecule has 3 aromatic rings. The van der Waals surface area contributed by atoms with Crippen molar-refractivity contribution in [1.82, 2.24) is 0 Å². The van der Waals surface area contributed by atoms with Crippen molar-refractivity contribution >= 4 is 23.5 Å². The lowest BCUT2D eigenvalue weighted by atomic mass is 9.84. The molecule has 0 heterocycles. The minimum atomic E-state index is -3.67. The van der Waals surface area contributed by atoms with Gasteiger partial charge >= 0.3 is 7.60 Å². The van der Waals surface area contributed by atoms with Gasteiger partial charge in [0.2, 0.25) is 0 Å². The summed E-state index contributed by atoms with van der Waals surface area (Å²) in [5.41, 5.74) is 2.62. The Bertz CT molecular complexity index is 804. The van der Waals surface area contributed by atoms with Gasteiger partial charge in [0.05, 0.1) is 13.2 Å². The maximum Gasteiger partial charge on any atom is 0.349 e. The first-order valence-corrected chi connectivity index (χ1v) is 12.0. The molecule has 28 heavy (non-hydrogen) atoms. The van der Waals surface area contributed by atoms with Gasteiger partial charge in [-0.3, -0.25) is 4.57 Å². The van der Waals surface area contributed by atoms with E-state index in [4.69, 9.17) is 9.05 Å². The van der Waals surface area contributed by atoms with E-state index in [-0.39, 0.29) is 13.2 Å². The van der Waals surface area contributed by atoms with Crippen LogP contribution in [0.25, 0.3) is 0 Å². The molecule has 0 N–H and O–H groups in total. The number of benzene rings is 3. The third-order valence-electron chi connectivity index (χ3n) is 4.62. The van der Waals surface area contributed by atoms with Crippen LogP contribution in [0.4, 0.5) is 0 Å². The Morgan fingerprint density at radius 3 is 1.46 bits per heavy atom. The van der Waals surface area contributed by atoms with Gasteiger partial charge < -0.3 is 9.05 Å². The van der Waals surface area contributed by atoms with Gasteiger partial charge in [-0.1, -0.05) is 107 Å². The molecule has 3 aromatic carbocycles. The SMILES string of the molecule is CCOP(=O)(OCCBr)C(c1ccccc1)(c1ccccc1)c1ccccc1. The van der Waals surface area contributed by atoms with Crippen LogP contribution in [0.3, 0.4) is 0 Å². The normalized spacial score (nSPS) is 13.8. The summed E-state index contributed by atoms with van der Waals surface area (Å²) in [6.07, 6.45) is 0. The Hall–Kier alpha value is -1.71. The van der Waals surface area contributed by atoms with E-state index < -0.39 is 12.8 Å². The molecule has 0 saturated heterocycles. The van der Waals surface area contributed by atoms with Crippen LogP contribution in [0.5, 0.6) is 0 Å². The standard InChI is InChI=1S/C23H24BrO3P/c1-2-26-28(25,27-19-18-24)23(20-12-6-3-7-13-20,21-14-8-4-9-15-21)22-16-10-5-11-17-22/h3-17H,2,18-19H2,1H3. The Labute approximate surface area is 175 Å². The number of hydrogen-bond donors (Lipinski definition) is 0. The Morgan fingerprint density at radius 1 is 0.750 bits per heavy atom. The molecule has 3 rings (SSSR count). The third-order valence-corrected chi connectivity index (χ3v) is 7.66. The van der Waals surface area contributed by atoms with E-state index in [2.05, 4.69) is 15.9 Å². The van der Waals surface area contributed by atoms with Gasteiger partial charge in [-0.15, -0.1) is 0 Å². The molecule has 5 heteroatoms. The van der Waals surface area contributed by atoms with E-state index in [1.165, 1.54) is 0 Å². The summed E-state index contributed by atoms with van der Waals surface area (Å²) in [7, 11) is -3.67. The predicted octanol–water partition coefficient (Wildman–Crippen LogP) is 6.62. The molecular weight excluding hydrogens is 435 g/mol. The zero-order valence-electron chi connectivity index (χ0n) is 15.8. The van der Waals surface area contributed by atoms with Gasteiger partial charge in [-0.2, -0.15) is 0 Å². The van der Waals surface area contributed by atoms with Crippen LogP contribution < -0.4 is 0 Å². The minimum Gasteiger partial charge on any atom is -0.308 e. The topological polar surface area (TPSA) is 35.5 Å². The average molecular weight is 459 g/mol. The smallest absolute Gasteiger partial charge is 0.308 e. The van der Waals surface area contributed by atoms with Gasteiger partial charge in [-0.05, 0) is 23.6 Å².